The first-order chi connectivity index (χ1) is 20.4. The number of hydrogen-bond donors (Lipinski definition) is 5. The maximum atomic E-state index is 12.4. The number of allylic oxidation sites excluding steroid dienone is 2. The lowest BCUT2D eigenvalue weighted by Gasteiger charge is -2.06. The van der Waals surface area contributed by atoms with E-state index in [-0.39, 0.29) is 37.5 Å². The highest BCUT2D eigenvalue weighted by molar-refractivity contribution is 6.31. The highest BCUT2D eigenvalue weighted by Crippen LogP contribution is 2.29. The third-order valence-corrected chi connectivity index (χ3v) is 7.87. The summed E-state index contributed by atoms with van der Waals surface area (Å²) in [5.74, 6) is -2.54. The number of carbonyl (C=O) groups is 4. The molecule has 0 atom stereocenters. The Kier molecular flexibility index (Phi) is 8.80. The molecule has 2 aliphatic rings. The average molecular weight is 583 g/mol. The molecule has 5 N–H and O–H groups in total. The smallest absolute Gasteiger partial charge is 0.303 e. The zero-order valence-corrected chi connectivity index (χ0v) is 24.6. The molecule has 0 radical (unpaired) electrons. The number of hydrogen-bond acceptors (Lipinski definition) is 4. The normalized spacial score (nSPS) is 16.9. The lowest BCUT2D eigenvalue weighted by Crippen LogP contribution is -2.15. The molecule has 0 bridgehead atoms. The molecule has 0 spiro atoms. The molecule has 2 aromatic rings. The van der Waals surface area contributed by atoms with Crippen LogP contribution in [0.1, 0.15) is 66.8 Å². The van der Waals surface area contributed by atoms with E-state index in [0.717, 1.165) is 44.2 Å². The van der Waals surface area contributed by atoms with Crippen molar-refractivity contribution in [3.05, 3.63) is 91.6 Å². The Balaban J connectivity index is 1.85. The van der Waals surface area contributed by atoms with Crippen LogP contribution in [-0.2, 0) is 25.6 Å². The molecule has 0 saturated carbocycles. The first kappa shape index (κ1) is 30.7. The maximum absolute atomic E-state index is 12.4. The van der Waals surface area contributed by atoms with Crippen molar-refractivity contribution < 1.29 is 29.4 Å². The third kappa shape index (κ3) is 6.18. The Morgan fingerprint density at radius 2 is 1.49 bits per heavy atom. The van der Waals surface area contributed by atoms with Crippen LogP contribution in [0.2, 0.25) is 0 Å². The molecule has 10 heteroatoms. The number of aliphatic carboxylic acids is 2. The van der Waals surface area contributed by atoms with Gasteiger partial charge in [-0.05, 0) is 86.6 Å². The van der Waals surface area contributed by atoms with Crippen molar-refractivity contribution in [2.75, 3.05) is 0 Å². The zero-order chi connectivity index (χ0) is 31.6. The molecule has 0 fully saturated rings. The predicted molar refractivity (Wildman–Crippen MR) is 165 cm³/mol. The van der Waals surface area contributed by atoms with Gasteiger partial charge in [-0.15, -0.1) is 0 Å². The van der Waals surface area contributed by atoms with Crippen molar-refractivity contribution in [3.63, 3.8) is 0 Å². The van der Waals surface area contributed by atoms with Gasteiger partial charge < -0.3 is 25.5 Å². The van der Waals surface area contributed by atoms with Gasteiger partial charge in [-0.3, -0.25) is 19.2 Å². The summed E-state index contributed by atoms with van der Waals surface area (Å²) in [6.45, 7) is 15.0. The molecule has 2 aromatic heterocycles. The van der Waals surface area contributed by atoms with E-state index >= 15 is 0 Å². The molecule has 2 amide bonds. The second-order valence-electron chi connectivity index (χ2n) is 10.5. The number of aromatic amines is 2. The molecule has 222 valence electrons. The fraction of sp³-hybridized carbons (Fsp3) is 0.242. The number of nitrogens with one attached hydrogen (secondary N) is 3. The van der Waals surface area contributed by atoms with Crippen molar-refractivity contribution >= 4 is 53.8 Å². The van der Waals surface area contributed by atoms with Crippen molar-refractivity contribution in [3.8, 4) is 0 Å². The summed E-state index contributed by atoms with van der Waals surface area (Å²) in [5.41, 5.74) is 8.01. The van der Waals surface area contributed by atoms with E-state index < -0.39 is 11.9 Å². The SMILES string of the molecule is C=CC1=C(C)C(/C=c2\[nH]/c(=C\c3[nH]c(/C=C4\NC(=O)C(C)=C4CCC(=O)O)c(CCC(=O)O)c3C)c(C=C)c2C)=NC1=O. The van der Waals surface area contributed by atoms with Crippen molar-refractivity contribution in [1.29, 1.82) is 0 Å². The number of carbonyl (C=O) groups excluding carboxylic acids is 2. The standard InChI is InChI=1S/C33H34N4O6/c1-7-20-16(3)24(13-26-17(4)21(8-2)33(43)36-26)34-27(20)14-25-18(5)22(9-11-30(38)39)28(35-25)15-29-23(10-12-31(40)41)19(6)32(42)37-29/h7-8,13-15,34-35H,1-2,9-12H2,3-6H3,(H,37,42)(H,38,39)(H,40,41)/b24-13-,27-14-,29-15-. The summed E-state index contributed by atoms with van der Waals surface area (Å²) < 4.78 is 0. The Bertz CT molecular complexity index is 1860. The lowest BCUT2D eigenvalue weighted by atomic mass is 10.0. The highest BCUT2D eigenvalue weighted by atomic mass is 16.4. The molecular weight excluding hydrogens is 548 g/mol. The minimum absolute atomic E-state index is 0.0968. The van der Waals surface area contributed by atoms with E-state index in [4.69, 9.17) is 0 Å². The van der Waals surface area contributed by atoms with E-state index in [0.29, 0.717) is 33.8 Å². The van der Waals surface area contributed by atoms with Crippen LogP contribution in [0, 0.1) is 13.8 Å². The number of carboxylic acid groups (broad SMARTS) is 2. The molecule has 10 nitrogen and oxygen atoms in total. The monoisotopic (exact) mass is 582 g/mol. The minimum Gasteiger partial charge on any atom is -0.481 e. The molecular formula is C33H34N4O6. The Morgan fingerprint density at radius 1 is 0.814 bits per heavy atom. The maximum Gasteiger partial charge on any atom is 0.303 e. The van der Waals surface area contributed by atoms with Gasteiger partial charge in [0, 0.05) is 57.3 Å². The van der Waals surface area contributed by atoms with Gasteiger partial charge in [-0.2, -0.15) is 0 Å². The van der Waals surface area contributed by atoms with Crippen LogP contribution in [0.4, 0.5) is 0 Å². The predicted octanol–water partition coefficient (Wildman–Crippen LogP) is 3.36. The molecule has 0 saturated heterocycles. The van der Waals surface area contributed by atoms with Crippen LogP contribution in [-0.4, -0.2) is 49.6 Å². The highest BCUT2D eigenvalue weighted by Gasteiger charge is 2.25. The summed E-state index contributed by atoms with van der Waals surface area (Å²) in [7, 11) is 0. The van der Waals surface area contributed by atoms with E-state index in [9.17, 15) is 29.4 Å². The van der Waals surface area contributed by atoms with Crippen molar-refractivity contribution in [1.82, 2.24) is 15.3 Å². The number of rotatable bonds is 11. The molecule has 0 aliphatic carbocycles. The summed E-state index contributed by atoms with van der Waals surface area (Å²) in [5, 5.41) is 22.9. The molecule has 0 unspecified atom stereocenters. The van der Waals surface area contributed by atoms with E-state index in [1.54, 1.807) is 19.1 Å². The second kappa shape index (κ2) is 12.3. The fourth-order valence-corrected chi connectivity index (χ4v) is 5.34. The Hall–Kier alpha value is -5.25. The summed E-state index contributed by atoms with van der Waals surface area (Å²) in [6, 6.07) is 0. The van der Waals surface area contributed by atoms with E-state index in [1.165, 1.54) is 6.08 Å². The van der Waals surface area contributed by atoms with Gasteiger partial charge in [0.15, 0.2) is 0 Å². The number of carboxylic acids is 2. The van der Waals surface area contributed by atoms with Crippen molar-refractivity contribution in [2.24, 2.45) is 4.99 Å². The quantitative estimate of drug-likeness (QED) is 0.273. The van der Waals surface area contributed by atoms with Crippen LogP contribution in [0.25, 0.3) is 24.3 Å². The van der Waals surface area contributed by atoms with Gasteiger partial charge in [0.1, 0.15) is 0 Å². The topological polar surface area (TPSA) is 165 Å². The largest absolute Gasteiger partial charge is 0.481 e. The summed E-state index contributed by atoms with van der Waals surface area (Å²) in [6.07, 6.45) is 8.89. The van der Waals surface area contributed by atoms with Gasteiger partial charge in [0.05, 0.1) is 5.71 Å². The van der Waals surface area contributed by atoms with E-state index in [1.807, 2.05) is 32.9 Å². The molecule has 2 aliphatic heterocycles. The average Bonchev–Trinajstić information content (AvgIpc) is 3.59. The van der Waals surface area contributed by atoms with Gasteiger partial charge >= 0.3 is 11.9 Å². The first-order valence-corrected chi connectivity index (χ1v) is 13.8. The third-order valence-electron chi connectivity index (χ3n) is 7.87. The lowest BCUT2D eigenvalue weighted by molar-refractivity contribution is -0.138. The summed E-state index contributed by atoms with van der Waals surface area (Å²) in [4.78, 5) is 58.3. The molecule has 4 heterocycles. The van der Waals surface area contributed by atoms with Gasteiger partial charge in [-0.25, -0.2) is 4.99 Å². The van der Waals surface area contributed by atoms with Gasteiger partial charge in [0.25, 0.3) is 11.8 Å². The fourth-order valence-electron chi connectivity index (χ4n) is 5.34. The van der Waals surface area contributed by atoms with Crippen LogP contribution in [0.3, 0.4) is 0 Å². The van der Waals surface area contributed by atoms with Gasteiger partial charge in [-0.1, -0.05) is 25.3 Å². The van der Waals surface area contributed by atoms with Gasteiger partial charge in [0.2, 0.25) is 0 Å². The number of nitrogens with zero attached hydrogens (tertiary/aromatic N) is 1. The summed E-state index contributed by atoms with van der Waals surface area (Å²) >= 11 is 0. The molecule has 0 aromatic carbocycles. The Labute approximate surface area is 248 Å². The molecule has 4 rings (SSSR count). The number of aliphatic imine (C=N–C) groups is 1. The Morgan fingerprint density at radius 3 is 2.09 bits per heavy atom. The van der Waals surface area contributed by atoms with Crippen LogP contribution >= 0.6 is 0 Å². The first-order valence-electron chi connectivity index (χ1n) is 13.8. The number of aromatic nitrogens is 2. The van der Waals surface area contributed by atoms with Crippen LogP contribution < -0.4 is 16.0 Å². The van der Waals surface area contributed by atoms with E-state index in [2.05, 4.69) is 33.4 Å². The molecule has 43 heavy (non-hydrogen) atoms. The van der Waals surface area contributed by atoms with Crippen LogP contribution in [0.5, 0.6) is 0 Å². The van der Waals surface area contributed by atoms with Crippen molar-refractivity contribution in [2.45, 2.75) is 53.4 Å². The second-order valence-corrected chi connectivity index (χ2v) is 10.5. The van der Waals surface area contributed by atoms with Crippen LogP contribution in [0.15, 0.2) is 52.2 Å². The zero-order valence-electron chi connectivity index (χ0n) is 24.6. The minimum atomic E-state index is -0.969. The number of H-pyrrole nitrogens is 2. The number of amides is 2.